The molecule has 0 spiro atoms. The van der Waals surface area contributed by atoms with Crippen LogP contribution >= 0.6 is 0 Å². The Morgan fingerprint density at radius 2 is 0.950 bits per heavy atom. The topological polar surface area (TPSA) is 105 Å². The van der Waals surface area contributed by atoms with Crippen molar-refractivity contribution in [3.63, 3.8) is 0 Å². The van der Waals surface area contributed by atoms with E-state index in [1.165, 1.54) is 0 Å². The molecule has 60 heavy (non-hydrogen) atoms. The third kappa shape index (κ3) is 15.0. The normalized spacial score (nSPS) is 26.2. The predicted molar refractivity (Wildman–Crippen MR) is 246 cm³/mol. The number of allylic oxidation sites excluding steroid dienone is 2. The molecule has 0 aliphatic heterocycles. The summed E-state index contributed by atoms with van der Waals surface area (Å²) in [5, 5.41) is 0. The second kappa shape index (κ2) is 22.3. The summed E-state index contributed by atoms with van der Waals surface area (Å²) in [6.07, 6.45) is 23.1. The van der Waals surface area contributed by atoms with Crippen molar-refractivity contribution in [1.82, 2.24) is 0 Å². The minimum atomic E-state index is -0.413. The molecule has 4 unspecified atom stereocenters. The lowest BCUT2D eigenvalue weighted by Gasteiger charge is -2.33. The summed E-state index contributed by atoms with van der Waals surface area (Å²) in [6.45, 7) is 39.7. The fourth-order valence-electron chi connectivity index (χ4n) is 6.76. The van der Waals surface area contributed by atoms with Gasteiger partial charge in [0, 0.05) is 0 Å². The molecule has 0 saturated heterocycles. The first-order valence-electron chi connectivity index (χ1n) is 23.2. The van der Waals surface area contributed by atoms with Crippen molar-refractivity contribution in [3.05, 3.63) is 48.6 Å². The Balaban J connectivity index is 0.000000400. The van der Waals surface area contributed by atoms with Crippen LogP contribution in [0.1, 0.15) is 214 Å². The van der Waals surface area contributed by atoms with E-state index in [1.54, 1.807) is 0 Å². The lowest BCUT2D eigenvalue weighted by atomic mass is 9.89. The Labute approximate surface area is 367 Å². The summed E-state index contributed by atoms with van der Waals surface area (Å²) in [5.41, 5.74) is -0.798. The smallest absolute Gasteiger partial charge is 0.312 e. The van der Waals surface area contributed by atoms with Gasteiger partial charge in [-0.2, -0.15) is 0 Å². The first kappa shape index (κ1) is 54.9. The lowest BCUT2D eigenvalue weighted by molar-refractivity contribution is -0.167. The van der Waals surface area contributed by atoms with Crippen LogP contribution in [0, 0.1) is 21.7 Å². The van der Waals surface area contributed by atoms with E-state index in [9.17, 15) is 19.2 Å². The van der Waals surface area contributed by atoms with Crippen LogP contribution in [-0.2, 0) is 38.1 Å². The van der Waals surface area contributed by atoms with Gasteiger partial charge >= 0.3 is 23.9 Å². The molecule has 0 N–H and O–H groups in total. The Morgan fingerprint density at radius 1 is 0.533 bits per heavy atom. The van der Waals surface area contributed by atoms with Crippen LogP contribution < -0.4 is 0 Å². The standard InChI is InChI=1S/C14H24O2.2C13H22O2.C12H20O2/c1-6-13(4,5)12(15)16-14(7-2)10-8-9-11(14)3;1-6-12(3,4)11(14)15-13(5)9-7-8-10(13)2;1-5-12(3,4)11(14)15-13(6-2)9-7-8-10-13;1-5-11(2,3)10(13)14-12(4)8-6-7-9-12/h3,6-10H2,1-2,4-5H3;2,6-9H2,1,3-5H3;7,9H,5-6,8,10H2,1-4H3;6,8H,5,7,9H2,1-4H3. The van der Waals surface area contributed by atoms with E-state index in [1.807, 2.05) is 103 Å². The minimum Gasteiger partial charge on any atom is -0.455 e. The van der Waals surface area contributed by atoms with Crippen LogP contribution in [0.2, 0.25) is 0 Å². The van der Waals surface area contributed by atoms with E-state index in [0.717, 1.165) is 114 Å². The monoisotopic (exact) mass is 841 g/mol. The van der Waals surface area contributed by atoms with Crippen molar-refractivity contribution in [2.75, 3.05) is 0 Å². The fraction of sp³-hybridized carbons (Fsp3) is 0.769. The second-order valence-electron chi connectivity index (χ2n) is 20.6. The molecule has 8 nitrogen and oxygen atoms in total. The van der Waals surface area contributed by atoms with Gasteiger partial charge in [-0.1, -0.05) is 66.9 Å². The minimum absolute atomic E-state index is 0.0709. The molecule has 4 atom stereocenters. The van der Waals surface area contributed by atoms with Gasteiger partial charge in [-0.25, -0.2) is 0 Å². The van der Waals surface area contributed by atoms with Gasteiger partial charge in [0.25, 0.3) is 0 Å². The van der Waals surface area contributed by atoms with Gasteiger partial charge in [-0.15, -0.1) is 0 Å². The Hall–Kier alpha value is -3.16. The van der Waals surface area contributed by atoms with E-state index in [-0.39, 0.29) is 62.3 Å². The van der Waals surface area contributed by atoms with Gasteiger partial charge in [0.05, 0.1) is 21.7 Å². The molecule has 0 aromatic rings. The van der Waals surface area contributed by atoms with Crippen molar-refractivity contribution in [1.29, 1.82) is 0 Å². The van der Waals surface area contributed by atoms with E-state index in [0.29, 0.717) is 0 Å². The average molecular weight is 841 g/mol. The van der Waals surface area contributed by atoms with Gasteiger partial charge in [-0.3, -0.25) is 19.2 Å². The first-order chi connectivity index (χ1) is 27.5. The molecule has 0 aromatic carbocycles. The van der Waals surface area contributed by atoms with Gasteiger partial charge in [0.1, 0.15) is 22.4 Å². The summed E-state index contributed by atoms with van der Waals surface area (Å²) >= 11 is 0. The zero-order valence-corrected chi connectivity index (χ0v) is 41.3. The maximum absolute atomic E-state index is 12.1. The number of esters is 4. The molecule has 2 saturated carbocycles. The second-order valence-corrected chi connectivity index (χ2v) is 20.6. The number of carbonyl (C=O) groups excluding carboxylic acids is 4. The van der Waals surface area contributed by atoms with Crippen LogP contribution in [-0.4, -0.2) is 46.3 Å². The van der Waals surface area contributed by atoms with Crippen LogP contribution in [0.5, 0.6) is 0 Å². The molecule has 2 fully saturated rings. The number of hydrogen-bond acceptors (Lipinski definition) is 8. The van der Waals surface area contributed by atoms with Crippen molar-refractivity contribution >= 4 is 23.9 Å². The largest absolute Gasteiger partial charge is 0.455 e. The van der Waals surface area contributed by atoms with Crippen LogP contribution in [0.3, 0.4) is 0 Å². The maximum Gasteiger partial charge on any atom is 0.312 e. The fourth-order valence-corrected chi connectivity index (χ4v) is 6.76. The van der Waals surface area contributed by atoms with Crippen LogP contribution in [0.15, 0.2) is 48.6 Å². The molecule has 8 heteroatoms. The molecule has 344 valence electrons. The Bertz CT molecular complexity index is 1520. The molecule has 4 aliphatic rings. The van der Waals surface area contributed by atoms with Crippen molar-refractivity contribution in [2.24, 2.45) is 21.7 Å². The van der Waals surface area contributed by atoms with Crippen molar-refractivity contribution < 1.29 is 38.1 Å². The number of ether oxygens (including phenoxy) is 4. The number of carbonyl (C=O) groups is 4. The van der Waals surface area contributed by atoms with Gasteiger partial charge in [0.15, 0.2) is 0 Å². The van der Waals surface area contributed by atoms with E-state index in [2.05, 4.69) is 45.2 Å². The van der Waals surface area contributed by atoms with Gasteiger partial charge < -0.3 is 18.9 Å². The van der Waals surface area contributed by atoms with E-state index in [4.69, 9.17) is 18.9 Å². The summed E-state index contributed by atoms with van der Waals surface area (Å²) in [4.78, 5) is 47.8. The average Bonchev–Trinajstić information content (AvgIpc) is 4.01. The molecule has 0 heterocycles. The summed E-state index contributed by atoms with van der Waals surface area (Å²) in [6, 6.07) is 0. The Kier molecular flexibility index (Phi) is 20.4. The third-order valence-corrected chi connectivity index (χ3v) is 14.2. The first-order valence-corrected chi connectivity index (χ1v) is 23.2. The predicted octanol–water partition coefficient (Wildman–Crippen LogP) is 13.9. The molecule has 4 rings (SSSR count). The highest BCUT2D eigenvalue weighted by Gasteiger charge is 2.43. The maximum atomic E-state index is 12.1. The van der Waals surface area contributed by atoms with Crippen LogP contribution in [0.4, 0.5) is 0 Å². The molecular formula is C52H88O8. The highest BCUT2D eigenvalue weighted by atomic mass is 16.6. The van der Waals surface area contributed by atoms with Gasteiger partial charge in [0.2, 0.25) is 0 Å². The SMILES string of the molecule is C=C1CCCC1(C)OC(=O)C(C)(C)CC.C=C1CCCC1(CC)OC(=O)C(C)(C)CC.CCC(C)(C)C(=O)OC1(C)C=CCC1.CCC1(OC(=O)C(C)(C)CC)C=CCC1. The van der Waals surface area contributed by atoms with E-state index < -0.39 is 5.60 Å². The van der Waals surface area contributed by atoms with Crippen molar-refractivity contribution in [2.45, 2.75) is 236 Å². The molecule has 0 amide bonds. The summed E-state index contributed by atoms with van der Waals surface area (Å²) in [5.74, 6) is -0.345. The molecule has 0 bridgehead atoms. The van der Waals surface area contributed by atoms with Crippen molar-refractivity contribution in [3.8, 4) is 0 Å². The third-order valence-electron chi connectivity index (χ3n) is 14.2. The summed E-state index contributed by atoms with van der Waals surface area (Å²) in [7, 11) is 0. The molecular weight excluding hydrogens is 753 g/mol. The van der Waals surface area contributed by atoms with E-state index >= 15 is 0 Å². The molecule has 4 aliphatic carbocycles. The highest BCUT2D eigenvalue weighted by molar-refractivity contribution is 5.78. The zero-order valence-electron chi connectivity index (χ0n) is 41.3. The Morgan fingerprint density at radius 3 is 1.30 bits per heavy atom. The van der Waals surface area contributed by atoms with Gasteiger partial charge in [-0.05, 0) is 195 Å². The summed E-state index contributed by atoms with van der Waals surface area (Å²) < 4.78 is 22.6. The van der Waals surface area contributed by atoms with Crippen LogP contribution in [0.25, 0.3) is 0 Å². The highest BCUT2D eigenvalue weighted by Crippen LogP contribution is 2.42. The number of hydrogen-bond donors (Lipinski definition) is 0. The lowest BCUT2D eigenvalue weighted by Crippen LogP contribution is -2.38. The molecule has 0 aromatic heterocycles. The molecule has 0 radical (unpaired) electrons. The zero-order chi connectivity index (χ0) is 46.4. The number of rotatable bonds is 14. The quantitative estimate of drug-likeness (QED) is 0.0967.